The second-order valence-electron chi connectivity index (χ2n) is 8.90. The second kappa shape index (κ2) is 6.24. The number of rotatable bonds is 2. The summed E-state index contributed by atoms with van der Waals surface area (Å²) in [7, 11) is 0. The Morgan fingerprint density at radius 2 is 1.42 bits per heavy atom. The van der Waals surface area contributed by atoms with E-state index in [1.807, 2.05) is 42.5 Å². The van der Waals surface area contributed by atoms with Gasteiger partial charge in [0.2, 0.25) is 5.78 Å². The van der Waals surface area contributed by atoms with E-state index in [0.717, 1.165) is 26.1 Å². The van der Waals surface area contributed by atoms with E-state index < -0.39 is 0 Å². The van der Waals surface area contributed by atoms with Crippen molar-refractivity contribution < 1.29 is 9.90 Å². The summed E-state index contributed by atoms with van der Waals surface area (Å²) in [6.45, 7) is 12.3. The smallest absolute Gasteiger partial charge is 0.203 e. The van der Waals surface area contributed by atoms with Crippen LogP contribution in [0.2, 0.25) is 0 Å². The molecule has 1 N–H and O–H groups in total. The lowest BCUT2D eigenvalue weighted by atomic mass is 9.78. The van der Waals surface area contributed by atoms with E-state index in [9.17, 15) is 9.90 Å². The molecule has 0 aliphatic rings. The Bertz CT molecular complexity index is 913. The van der Waals surface area contributed by atoms with Crippen LogP contribution < -0.4 is 0 Å². The minimum Gasteiger partial charge on any atom is -0.507 e. The third-order valence-corrected chi connectivity index (χ3v) is 5.75. The van der Waals surface area contributed by atoms with Gasteiger partial charge in [0.05, 0.1) is 4.88 Å². The lowest BCUT2D eigenvalue weighted by Gasteiger charge is -2.28. The van der Waals surface area contributed by atoms with Gasteiger partial charge in [-0.1, -0.05) is 59.7 Å². The molecule has 2 aromatic carbocycles. The average molecular weight is 367 g/mol. The molecule has 0 amide bonds. The van der Waals surface area contributed by atoms with Crippen molar-refractivity contribution in [3.63, 3.8) is 0 Å². The molecule has 0 bridgehead atoms. The van der Waals surface area contributed by atoms with Crippen molar-refractivity contribution in [1.82, 2.24) is 0 Å². The monoisotopic (exact) mass is 366 g/mol. The summed E-state index contributed by atoms with van der Waals surface area (Å²) in [6.07, 6.45) is 0. The molecule has 136 valence electrons. The van der Waals surface area contributed by atoms with E-state index in [0.29, 0.717) is 11.3 Å². The maximum absolute atomic E-state index is 13.2. The molecule has 0 atom stereocenters. The first kappa shape index (κ1) is 18.7. The summed E-state index contributed by atoms with van der Waals surface area (Å²) in [5.74, 6) is 0.320. The maximum atomic E-state index is 13.2. The fourth-order valence-corrected chi connectivity index (χ4v) is 4.17. The van der Waals surface area contributed by atoms with Crippen molar-refractivity contribution in [2.75, 3.05) is 0 Å². The third-order valence-electron chi connectivity index (χ3n) is 4.64. The van der Waals surface area contributed by atoms with Crippen molar-refractivity contribution in [2.45, 2.75) is 52.4 Å². The fraction of sp³-hybridized carbons (Fsp3) is 0.348. The third kappa shape index (κ3) is 3.41. The van der Waals surface area contributed by atoms with Gasteiger partial charge in [-0.25, -0.2) is 0 Å². The number of ketones is 1. The van der Waals surface area contributed by atoms with Gasteiger partial charge in [0, 0.05) is 21.4 Å². The molecule has 0 aliphatic carbocycles. The summed E-state index contributed by atoms with van der Waals surface area (Å²) in [5.41, 5.74) is 1.77. The van der Waals surface area contributed by atoms with Crippen LogP contribution in [0.3, 0.4) is 0 Å². The van der Waals surface area contributed by atoms with Gasteiger partial charge in [-0.15, -0.1) is 11.3 Å². The topological polar surface area (TPSA) is 37.3 Å². The van der Waals surface area contributed by atoms with Crippen molar-refractivity contribution >= 4 is 27.2 Å². The van der Waals surface area contributed by atoms with Gasteiger partial charge in [0.1, 0.15) is 5.75 Å². The number of aromatic hydroxyl groups is 1. The Balaban J connectivity index is 2.18. The van der Waals surface area contributed by atoms with Crippen LogP contribution >= 0.6 is 11.3 Å². The number of fused-ring (bicyclic) bond motifs is 1. The molecular formula is C23H26O2S. The van der Waals surface area contributed by atoms with Gasteiger partial charge in [-0.05, 0) is 40.5 Å². The average Bonchev–Trinajstić information content (AvgIpc) is 2.96. The maximum Gasteiger partial charge on any atom is 0.203 e. The summed E-state index contributed by atoms with van der Waals surface area (Å²) in [6, 6.07) is 13.7. The zero-order chi connectivity index (χ0) is 19.3. The highest BCUT2D eigenvalue weighted by Gasteiger charge is 2.28. The predicted molar refractivity (Wildman–Crippen MR) is 111 cm³/mol. The van der Waals surface area contributed by atoms with Gasteiger partial charge < -0.3 is 5.11 Å². The molecule has 3 aromatic rings. The molecule has 1 heterocycles. The molecule has 1 aromatic heterocycles. The van der Waals surface area contributed by atoms with Crippen molar-refractivity contribution in [3.05, 3.63) is 64.0 Å². The van der Waals surface area contributed by atoms with Gasteiger partial charge in [-0.2, -0.15) is 0 Å². The largest absolute Gasteiger partial charge is 0.507 e. The number of thiophene rings is 1. The van der Waals surface area contributed by atoms with E-state index in [1.54, 1.807) is 0 Å². The summed E-state index contributed by atoms with van der Waals surface area (Å²) >= 11 is 1.52. The van der Waals surface area contributed by atoms with Gasteiger partial charge >= 0.3 is 0 Å². The van der Waals surface area contributed by atoms with Gasteiger partial charge in [-0.3, -0.25) is 4.79 Å². The molecule has 0 fully saturated rings. The molecule has 0 saturated heterocycles. The van der Waals surface area contributed by atoms with Crippen LogP contribution in [-0.4, -0.2) is 10.9 Å². The standard InChI is InChI=1S/C23H26O2S/c1-22(2,3)16-11-15(12-17(21(16)25)23(4,5)6)20(24)19-13-14-9-7-8-10-18(14)26-19/h7-13,25H,1-6H3. The first-order chi connectivity index (χ1) is 12.0. The van der Waals surface area contributed by atoms with Crippen LogP contribution in [0.15, 0.2) is 42.5 Å². The second-order valence-corrected chi connectivity index (χ2v) is 9.98. The van der Waals surface area contributed by atoms with Crippen molar-refractivity contribution in [1.29, 1.82) is 0 Å². The molecule has 0 unspecified atom stereocenters. The van der Waals surface area contributed by atoms with E-state index in [2.05, 4.69) is 41.5 Å². The number of hydrogen-bond acceptors (Lipinski definition) is 3. The molecule has 0 spiro atoms. The number of carbonyl (C=O) groups is 1. The van der Waals surface area contributed by atoms with Crippen LogP contribution in [0, 0.1) is 0 Å². The molecule has 2 nitrogen and oxygen atoms in total. The van der Waals surface area contributed by atoms with Crippen LogP contribution in [0.4, 0.5) is 0 Å². The molecule has 0 saturated carbocycles. The summed E-state index contributed by atoms with van der Waals surface area (Å²) in [4.78, 5) is 13.9. The quantitative estimate of drug-likeness (QED) is 0.530. The fourth-order valence-electron chi connectivity index (χ4n) is 3.15. The minimum atomic E-state index is -0.249. The van der Waals surface area contributed by atoms with E-state index in [-0.39, 0.29) is 16.6 Å². The summed E-state index contributed by atoms with van der Waals surface area (Å²) in [5, 5.41) is 11.9. The molecule has 0 aliphatic heterocycles. The van der Waals surface area contributed by atoms with Crippen molar-refractivity contribution in [2.24, 2.45) is 0 Å². The Morgan fingerprint density at radius 1 is 0.885 bits per heavy atom. The minimum absolute atomic E-state index is 0.0159. The lowest BCUT2D eigenvalue weighted by Crippen LogP contribution is -2.19. The highest BCUT2D eigenvalue weighted by atomic mass is 32.1. The number of phenolic OH excluding ortho intramolecular Hbond substituents is 1. The Hall–Kier alpha value is -2.13. The van der Waals surface area contributed by atoms with Crippen LogP contribution in [0.25, 0.3) is 10.1 Å². The number of carbonyl (C=O) groups excluding carboxylic acids is 1. The SMILES string of the molecule is CC(C)(C)c1cc(C(=O)c2cc3ccccc3s2)cc(C(C)(C)C)c1O. The first-order valence-corrected chi connectivity index (χ1v) is 9.71. The molecule has 3 rings (SSSR count). The Morgan fingerprint density at radius 3 is 1.92 bits per heavy atom. The highest BCUT2D eigenvalue weighted by Crippen LogP contribution is 2.40. The number of phenols is 1. The highest BCUT2D eigenvalue weighted by molar-refractivity contribution is 7.21. The van der Waals surface area contributed by atoms with E-state index >= 15 is 0 Å². The van der Waals surface area contributed by atoms with Gasteiger partial charge in [0.15, 0.2) is 0 Å². The Labute approximate surface area is 159 Å². The number of hydrogen-bond donors (Lipinski definition) is 1. The first-order valence-electron chi connectivity index (χ1n) is 8.90. The van der Waals surface area contributed by atoms with E-state index in [1.165, 1.54) is 11.3 Å². The Kier molecular flexibility index (Phi) is 4.48. The van der Waals surface area contributed by atoms with Crippen LogP contribution in [-0.2, 0) is 10.8 Å². The summed E-state index contributed by atoms with van der Waals surface area (Å²) < 4.78 is 1.11. The van der Waals surface area contributed by atoms with Crippen LogP contribution in [0.5, 0.6) is 5.75 Å². The normalized spacial score (nSPS) is 12.5. The zero-order valence-electron chi connectivity index (χ0n) is 16.3. The molecule has 26 heavy (non-hydrogen) atoms. The molecule has 3 heteroatoms. The van der Waals surface area contributed by atoms with Gasteiger partial charge in [0.25, 0.3) is 0 Å². The molecular weight excluding hydrogens is 340 g/mol. The van der Waals surface area contributed by atoms with E-state index in [4.69, 9.17) is 0 Å². The predicted octanol–water partition coefficient (Wildman–Crippen LogP) is 6.43. The van der Waals surface area contributed by atoms with Crippen molar-refractivity contribution in [3.8, 4) is 5.75 Å². The number of benzene rings is 2. The molecule has 0 radical (unpaired) electrons. The van der Waals surface area contributed by atoms with Crippen LogP contribution in [0.1, 0.15) is 67.9 Å². The zero-order valence-corrected chi connectivity index (χ0v) is 17.1. The lowest BCUT2D eigenvalue weighted by molar-refractivity contribution is 0.104.